The third-order valence-electron chi connectivity index (χ3n) is 3.15. The first-order valence-electron chi connectivity index (χ1n) is 5.53. The quantitative estimate of drug-likeness (QED) is 0.874. The van der Waals surface area contributed by atoms with Crippen molar-refractivity contribution in [2.24, 2.45) is 11.7 Å². The highest BCUT2D eigenvalue weighted by Crippen LogP contribution is 2.26. The molecular formula is C11H14F2N2O2S. The van der Waals surface area contributed by atoms with Gasteiger partial charge >= 0.3 is 0 Å². The van der Waals surface area contributed by atoms with Gasteiger partial charge in [0.25, 0.3) is 0 Å². The number of nitrogens with zero attached hydrogens (tertiary/aromatic N) is 1. The van der Waals surface area contributed by atoms with Crippen molar-refractivity contribution in [3.05, 3.63) is 29.8 Å². The second kappa shape index (κ2) is 4.56. The standard InChI is InChI=1S/C11H14F2N2O2S/c1-7-5-15(6-10(7)14)18(16,17)11-8(12)3-2-4-9(11)13/h2-4,7,10H,5-6,14H2,1H3. The summed E-state index contributed by atoms with van der Waals surface area (Å²) in [6, 6.07) is 2.67. The highest BCUT2D eigenvalue weighted by Gasteiger charge is 2.38. The number of hydrogen-bond acceptors (Lipinski definition) is 3. The van der Waals surface area contributed by atoms with E-state index < -0.39 is 26.6 Å². The summed E-state index contributed by atoms with van der Waals surface area (Å²) < 4.78 is 52.4. The van der Waals surface area contributed by atoms with Crippen LogP contribution in [0.1, 0.15) is 6.92 Å². The number of benzene rings is 1. The van der Waals surface area contributed by atoms with Crippen LogP contribution < -0.4 is 5.73 Å². The molecular weight excluding hydrogens is 262 g/mol. The minimum absolute atomic E-state index is 0.0328. The third-order valence-corrected chi connectivity index (χ3v) is 5.04. The summed E-state index contributed by atoms with van der Waals surface area (Å²) in [4.78, 5) is -0.897. The number of halogens is 2. The highest BCUT2D eigenvalue weighted by atomic mass is 32.2. The Labute approximate surface area is 104 Å². The van der Waals surface area contributed by atoms with Gasteiger partial charge in [-0.3, -0.25) is 0 Å². The molecule has 2 rings (SSSR count). The summed E-state index contributed by atoms with van der Waals surface area (Å²) in [6.07, 6.45) is 0. The maximum absolute atomic E-state index is 13.5. The molecule has 7 heteroatoms. The number of rotatable bonds is 2. The summed E-state index contributed by atoms with van der Waals surface area (Å²) in [5, 5.41) is 0. The molecule has 1 aromatic rings. The molecule has 1 heterocycles. The molecule has 18 heavy (non-hydrogen) atoms. The average molecular weight is 276 g/mol. The van der Waals surface area contributed by atoms with E-state index in [1.165, 1.54) is 0 Å². The summed E-state index contributed by atoms with van der Waals surface area (Å²) in [5.41, 5.74) is 5.73. The van der Waals surface area contributed by atoms with Crippen molar-refractivity contribution in [3.8, 4) is 0 Å². The molecule has 100 valence electrons. The van der Waals surface area contributed by atoms with E-state index in [1.54, 1.807) is 6.92 Å². The van der Waals surface area contributed by atoms with Crippen LogP contribution in [0, 0.1) is 17.6 Å². The van der Waals surface area contributed by atoms with E-state index in [0.717, 1.165) is 22.5 Å². The van der Waals surface area contributed by atoms with Crippen molar-refractivity contribution in [1.29, 1.82) is 0 Å². The Hall–Kier alpha value is -1.05. The van der Waals surface area contributed by atoms with Crippen LogP contribution in [0.25, 0.3) is 0 Å². The molecule has 2 N–H and O–H groups in total. The van der Waals surface area contributed by atoms with Gasteiger partial charge in [-0.2, -0.15) is 4.31 Å². The zero-order valence-corrected chi connectivity index (χ0v) is 10.6. The SMILES string of the molecule is CC1CN(S(=O)(=O)c2c(F)cccc2F)CC1N. The van der Waals surface area contributed by atoms with Crippen molar-refractivity contribution in [2.45, 2.75) is 17.9 Å². The molecule has 1 aliphatic heterocycles. The van der Waals surface area contributed by atoms with E-state index in [4.69, 9.17) is 5.73 Å². The molecule has 1 aliphatic rings. The topological polar surface area (TPSA) is 63.4 Å². The zero-order valence-electron chi connectivity index (χ0n) is 9.81. The molecule has 0 aliphatic carbocycles. The second-order valence-electron chi connectivity index (χ2n) is 4.51. The lowest BCUT2D eigenvalue weighted by Crippen LogP contribution is -2.33. The summed E-state index contributed by atoms with van der Waals surface area (Å²) >= 11 is 0. The largest absolute Gasteiger partial charge is 0.326 e. The average Bonchev–Trinajstić information content (AvgIpc) is 2.59. The van der Waals surface area contributed by atoms with E-state index in [9.17, 15) is 17.2 Å². The molecule has 1 aromatic carbocycles. The second-order valence-corrected chi connectivity index (χ2v) is 6.39. The van der Waals surface area contributed by atoms with Gasteiger partial charge < -0.3 is 5.73 Å². The van der Waals surface area contributed by atoms with Gasteiger partial charge in [0.2, 0.25) is 10.0 Å². The van der Waals surface area contributed by atoms with Crippen LogP contribution in [0.5, 0.6) is 0 Å². The molecule has 1 saturated heterocycles. The van der Waals surface area contributed by atoms with Crippen molar-refractivity contribution in [3.63, 3.8) is 0 Å². The molecule has 4 nitrogen and oxygen atoms in total. The van der Waals surface area contributed by atoms with E-state index in [-0.39, 0.29) is 25.0 Å². The Morgan fingerprint density at radius 3 is 2.28 bits per heavy atom. The number of sulfonamides is 1. The van der Waals surface area contributed by atoms with Crippen LogP contribution in [0.4, 0.5) is 8.78 Å². The van der Waals surface area contributed by atoms with Crippen LogP contribution in [-0.2, 0) is 10.0 Å². The molecule has 0 bridgehead atoms. The van der Waals surface area contributed by atoms with Gasteiger partial charge in [-0.25, -0.2) is 17.2 Å². The first-order chi connectivity index (χ1) is 8.34. The van der Waals surface area contributed by atoms with Crippen LogP contribution in [0.3, 0.4) is 0 Å². The molecule has 0 spiro atoms. The molecule has 2 unspecified atom stereocenters. The zero-order chi connectivity index (χ0) is 13.5. The predicted molar refractivity (Wildman–Crippen MR) is 62.3 cm³/mol. The van der Waals surface area contributed by atoms with E-state index >= 15 is 0 Å². The fourth-order valence-corrected chi connectivity index (χ4v) is 3.69. The fraction of sp³-hybridized carbons (Fsp3) is 0.455. The van der Waals surface area contributed by atoms with Crippen molar-refractivity contribution < 1.29 is 17.2 Å². The highest BCUT2D eigenvalue weighted by molar-refractivity contribution is 7.89. The molecule has 0 radical (unpaired) electrons. The number of hydrogen-bond donors (Lipinski definition) is 1. The Bertz CT molecular complexity index is 532. The lowest BCUT2D eigenvalue weighted by molar-refractivity contribution is 0.446. The maximum Gasteiger partial charge on any atom is 0.248 e. The Kier molecular flexibility index (Phi) is 3.39. The summed E-state index contributed by atoms with van der Waals surface area (Å²) in [5.74, 6) is -2.19. The van der Waals surface area contributed by atoms with Gasteiger partial charge in [0.1, 0.15) is 11.6 Å². The first kappa shape index (κ1) is 13.4. The molecule has 0 saturated carbocycles. The van der Waals surface area contributed by atoms with Crippen molar-refractivity contribution in [2.75, 3.05) is 13.1 Å². The van der Waals surface area contributed by atoms with Gasteiger partial charge in [0.05, 0.1) is 0 Å². The minimum Gasteiger partial charge on any atom is -0.326 e. The van der Waals surface area contributed by atoms with Gasteiger partial charge in [0.15, 0.2) is 4.90 Å². The monoisotopic (exact) mass is 276 g/mol. The van der Waals surface area contributed by atoms with Crippen LogP contribution >= 0.6 is 0 Å². The Morgan fingerprint density at radius 2 is 1.83 bits per heavy atom. The van der Waals surface area contributed by atoms with Crippen LogP contribution in [0.15, 0.2) is 23.1 Å². The molecule has 2 atom stereocenters. The summed E-state index contributed by atoms with van der Waals surface area (Å²) in [6.45, 7) is 2.06. The van der Waals surface area contributed by atoms with Crippen LogP contribution in [0.2, 0.25) is 0 Å². The maximum atomic E-state index is 13.5. The fourth-order valence-electron chi connectivity index (χ4n) is 2.00. The smallest absolute Gasteiger partial charge is 0.248 e. The van der Waals surface area contributed by atoms with E-state index in [0.29, 0.717) is 0 Å². The normalized spacial score (nSPS) is 25.6. The van der Waals surface area contributed by atoms with Gasteiger partial charge in [-0.1, -0.05) is 13.0 Å². The van der Waals surface area contributed by atoms with Gasteiger partial charge in [-0.15, -0.1) is 0 Å². The van der Waals surface area contributed by atoms with E-state index in [2.05, 4.69) is 0 Å². The van der Waals surface area contributed by atoms with Crippen molar-refractivity contribution in [1.82, 2.24) is 4.31 Å². The minimum atomic E-state index is -4.16. The lowest BCUT2D eigenvalue weighted by atomic mass is 10.1. The van der Waals surface area contributed by atoms with E-state index in [1.807, 2.05) is 0 Å². The van der Waals surface area contributed by atoms with Gasteiger partial charge in [-0.05, 0) is 18.1 Å². The van der Waals surface area contributed by atoms with Crippen molar-refractivity contribution >= 4 is 10.0 Å². The predicted octanol–water partition coefficient (Wildman–Crippen LogP) is 0.933. The molecule has 0 aromatic heterocycles. The van der Waals surface area contributed by atoms with Crippen LogP contribution in [-0.4, -0.2) is 31.9 Å². The third kappa shape index (κ3) is 2.13. The van der Waals surface area contributed by atoms with Gasteiger partial charge in [0, 0.05) is 19.1 Å². The lowest BCUT2D eigenvalue weighted by Gasteiger charge is -2.16. The first-order valence-corrected chi connectivity index (χ1v) is 6.98. The Morgan fingerprint density at radius 1 is 1.28 bits per heavy atom. The number of nitrogens with two attached hydrogens (primary N) is 1. The Balaban J connectivity index is 2.44. The molecule has 0 amide bonds. The molecule has 1 fully saturated rings. The summed E-state index contributed by atoms with van der Waals surface area (Å²) in [7, 11) is -4.16.